The van der Waals surface area contributed by atoms with Gasteiger partial charge in [-0.25, -0.2) is 0 Å². The molecule has 0 radical (unpaired) electrons. The summed E-state index contributed by atoms with van der Waals surface area (Å²) in [4.78, 5) is 4.24. The van der Waals surface area contributed by atoms with Crippen molar-refractivity contribution in [1.82, 2.24) is 4.98 Å². The van der Waals surface area contributed by atoms with Crippen molar-refractivity contribution in [3.63, 3.8) is 0 Å². The number of hydrogen-bond acceptors (Lipinski definition) is 2. The van der Waals surface area contributed by atoms with Crippen molar-refractivity contribution in [3.05, 3.63) is 75.5 Å². The van der Waals surface area contributed by atoms with Crippen LogP contribution in [0, 0.1) is 0 Å². The first-order valence-electron chi connectivity index (χ1n) is 6.51. The van der Waals surface area contributed by atoms with Crippen molar-refractivity contribution in [2.45, 2.75) is 12.5 Å². The number of hydrogen-bond donors (Lipinski definition) is 1. The first kappa shape index (κ1) is 14.5. The van der Waals surface area contributed by atoms with Gasteiger partial charge in [0.15, 0.2) is 0 Å². The molecule has 1 aromatic heterocycles. The molecule has 2 nitrogen and oxygen atoms in total. The van der Waals surface area contributed by atoms with Crippen molar-refractivity contribution in [1.29, 1.82) is 0 Å². The molecule has 1 N–H and O–H groups in total. The topological polar surface area (TPSA) is 33.1 Å². The van der Waals surface area contributed by atoms with Crippen molar-refractivity contribution < 1.29 is 5.11 Å². The van der Waals surface area contributed by atoms with Crippen LogP contribution in [0.1, 0.15) is 18.1 Å². The Bertz CT molecular complexity index is 811. The van der Waals surface area contributed by atoms with Crippen LogP contribution in [-0.2, 0) is 5.60 Å². The third-order valence-electron chi connectivity index (χ3n) is 3.65. The van der Waals surface area contributed by atoms with E-state index in [-0.39, 0.29) is 0 Å². The normalized spacial score (nSPS) is 14.1. The van der Waals surface area contributed by atoms with Crippen LogP contribution in [0.3, 0.4) is 0 Å². The predicted octanol–water partition coefficient (Wildman–Crippen LogP) is 4.91. The van der Waals surface area contributed by atoms with Crippen LogP contribution in [0.4, 0.5) is 0 Å². The molecule has 0 saturated carbocycles. The van der Waals surface area contributed by atoms with Crippen molar-refractivity contribution >= 4 is 38.3 Å². The Morgan fingerprint density at radius 3 is 2.62 bits per heavy atom. The first-order chi connectivity index (χ1) is 10.00. The van der Waals surface area contributed by atoms with E-state index in [1.54, 1.807) is 25.4 Å². The standard InChI is InChI=1S/C17H13BrClNO/c1-17(21,14-7-6-12(18)8-16(14)19)15-10-20-9-11-4-2-3-5-13(11)15/h2-10,21H,1H3. The summed E-state index contributed by atoms with van der Waals surface area (Å²) in [6, 6.07) is 13.3. The molecule has 0 aliphatic heterocycles. The number of halogens is 2. The maximum atomic E-state index is 11.1. The molecule has 3 aromatic rings. The van der Waals surface area contributed by atoms with Gasteiger partial charge >= 0.3 is 0 Å². The van der Waals surface area contributed by atoms with Gasteiger partial charge in [0.05, 0.1) is 0 Å². The fourth-order valence-electron chi connectivity index (χ4n) is 2.53. The number of nitrogens with zero attached hydrogens (tertiary/aromatic N) is 1. The van der Waals surface area contributed by atoms with E-state index in [1.165, 1.54) is 0 Å². The molecule has 2 aromatic carbocycles. The average Bonchev–Trinajstić information content (AvgIpc) is 2.46. The summed E-state index contributed by atoms with van der Waals surface area (Å²) in [6.45, 7) is 1.74. The van der Waals surface area contributed by atoms with E-state index < -0.39 is 5.60 Å². The summed E-state index contributed by atoms with van der Waals surface area (Å²) in [7, 11) is 0. The van der Waals surface area contributed by atoms with Crippen LogP contribution in [0.2, 0.25) is 5.02 Å². The third kappa shape index (κ3) is 2.57. The van der Waals surface area contributed by atoms with E-state index in [0.717, 1.165) is 20.8 Å². The lowest BCUT2D eigenvalue weighted by molar-refractivity contribution is 0.104. The molecule has 0 bridgehead atoms. The van der Waals surface area contributed by atoms with Gasteiger partial charge in [-0.3, -0.25) is 4.98 Å². The van der Waals surface area contributed by atoms with E-state index >= 15 is 0 Å². The summed E-state index contributed by atoms with van der Waals surface area (Å²) in [5, 5.41) is 13.6. The summed E-state index contributed by atoms with van der Waals surface area (Å²) >= 11 is 9.69. The fourth-order valence-corrected chi connectivity index (χ4v) is 3.39. The van der Waals surface area contributed by atoms with Crippen molar-refractivity contribution in [2.24, 2.45) is 0 Å². The number of fused-ring (bicyclic) bond motifs is 1. The molecule has 21 heavy (non-hydrogen) atoms. The highest BCUT2D eigenvalue weighted by atomic mass is 79.9. The van der Waals surface area contributed by atoms with E-state index in [0.29, 0.717) is 10.6 Å². The van der Waals surface area contributed by atoms with Crippen molar-refractivity contribution in [3.8, 4) is 0 Å². The smallest absolute Gasteiger partial charge is 0.115 e. The molecule has 0 saturated heterocycles. The molecule has 0 amide bonds. The SMILES string of the molecule is CC(O)(c1ccc(Br)cc1Cl)c1cncc2ccccc12. The molecule has 0 spiro atoms. The number of aromatic nitrogens is 1. The van der Waals surface area contributed by atoms with Crippen LogP contribution in [0.5, 0.6) is 0 Å². The molecule has 0 aliphatic rings. The highest BCUT2D eigenvalue weighted by Crippen LogP contribution is 2.37. The number of rotatable bonds is 2. The second kappa shape index (κ2) is 5.41. The molecule has 0 aliphatic carbocycles. The second-order valence-corrected chi connectivity index (χ2v) is 6.43. The van der Waals surface area contributed by atoms with Gasteiger partial charge in [-0.2, -0.15) is 0 Å². The molecule has 1 atom stereocenters. The minimum Gasteiger partial charge on any atom is -0.381 e. The molecule has 3 rings (SSSR count). The summed E-state index contributed by atoms with van der Waals surface area (Å²) < 4.78 is 0.878. The summed E-state index contributed by atoms with van der Waals surface area (Å²) in [5.41, 5.74) is 0.182. The molecular formula is C17H13BrClNO. The van der Waals surface area contributed by atoms with Crippen LogP contribution in [0.15, 0.2) is 59.3 Å². The first-order valence-corrected chi connectivity index (χ1v) is 7.68. The van der Waals surface area contributed by atoms with Crippen LogP contribution in [0.25, 0.3) is 10.8 Å². The van der Waals surface area contributed by atoms with Crippen LogP contribution >= 0.6 is 27.5 Å². The lowest BCUT2D eigenvalue weighted by Gasteiger charge is -2.26. The highest BCUT2D eigenvalue weighted by Gasteiger charge is 2.30. The molecule has 0 fully saturated rings. The average molecular weight is 363 g/mol. The third-order valence-corrected chi connectivity index (χ3v) is 4.45. The predicted molar refractivity (Wildman–Crippen MR) is 89.6 cm³/mol. The summed E-state index contributed by atoms with van der Waals surface area (Å²) in [6.07, 6.45) is 3.48. The zero-order chi connectivity index (χ0) is 15.0. The minimum atomic E-state index is -1.22. The molecular weight excluding hydrogens is 350 g/mol. The van der Waals surface area contributed by atoms with Gasteiger partial charge in [-0.1, -0.05) is 57.9 Å². The molecule has 106 valence electrons. The Kier molecular flexibility index (Phi) is 3.74. The van der Waals surface area contributed by atoms with Gasteiger partial charge in [0.1, 0.15) is 5.60 Å². The van der Waals surface area contributed by atoms with Gasteiger partial charge in [-0.15, -0.1) is 0 Å². The van der Waals surface area contributed by atoms with E-state index in [2.05, 4.69) is 20.9 Å². The zero-order valence-corrected chi connectivity index (χ0v) is 13.7. The van der Waals surface area contributed by atoms with Gasteiger partial charge in [0.25, 0.3) is 0 Å². The number of benzene rings is 2. The maximum Gasteiger partial charge on any atom is 0.115 e. The van der Waals surface area contributed by atoms with Gasteiger partial charge in [0.2, 0.25) is 0 Å². The minimum absolute atomic E-state index is 0.516. The van der Waals surface area contributed by atoms with E-state index in [4.69, 9.17) is 11.6 Å². The Hall–Kier alpha value is -1.42. The molecule has 1 heterocycles. The van der Waals surface area contributed by atoms with Gasteiger partial charge in [-0.05, 0) is 24.4 Å². The Balaban J connectivity index is 2.25. The Morgan fingerprint density at radius 2 is 1.86 bits per heavy atom. The maximum absolute atomic E-state index is 11.1. The highest BCUT2D eigenvalue weighted by molar-refractivity contribution is 9.10. The monoisotopic (exact) mass is 361 g/mol. The Labute approximate surface area is 136 Å². The van der Waals surface area contributed by atoms with Crippen LogP contribution in [-0.4, -0.2) is 10.1 Å². The fraction of sp³-hybridized carbons (Fsp3) is 0.118. The Morgan fingerprint density at radius 1 is 1.10 bits per heavy atom. The largest absolute Gasteiger partial charge is 0.381 e. The van der Waals surface area contributed by atoms with E-state index in [9.17, 15) is 5.11 Å². The molecule has 4 heteroatoms. The molecule has 1 unspecified atom stereocenters. The van der Waals surface area contributed by atoms with Gasteiger partial charge < -0.3 is 5.11 Å². The lowest BCUT2D eigenvalue weighted by atomic mass is 9.86. The van der Waals surface area contributed by atoms with Crippen molar-refractivity contribution in [2.75, 3.05) is 0 Å². The quantitative estimate of drug-likeness (QED) is 0.703. The van der Waals surface area contributed by atoms with Crippen LogP contribution < -0.4 is 0 Å². The van der Waals surface area contributed by atoms with Gasteiger partial charge in [0, 0.05) is 38.4 Å². The zero-order valence-electron chi connectivity index (χ0n) is 11.3. The second-order valence-electron chi connectivity index (χ2n) is 5.10. The van der Waals surface area contributed by atoms with E-state index in [1.807, 2.05) is 36.4 Å². The number of pyridine rings is 1. The lowest BCUT2D eigenvalue weighted by Crippen LogP contribution is -2.24. The summed E-state index contributed by atoms with van der Waals surface area (Å²) in [5.74, 6) is 0. The number of aliphatic hydroxyl groups is 1.